The Labute approximate surface area is 221 Å². The topological polar surface area (TPSA) is 117 Å². The zero-order chi connectivity index (χ0) is 28.3. The standard InChI is InChI=1S/C27H28F4N6O2/c1-36-5-2-16(3-6-36)13-35-25(38)19-8-17(9-20(28)10-19)15-37-7-4-18-11-23(34-14-22(18)26(37)39)21(12-32)24(33)27(29,30)31/h4,7-12,14,16,32H,2-3,5-6,13,15,33H2,1H3,(H,35,38)/b24-21+,32-12?. The van der Waals surface area contributed by atoms with Gasteiger partial charge in [-0.3, -0.25) is 14.6 Å². The highest BCUT2D eigenvalue weighted by Gasteiger charge is 2.34. The molecule has 0 aliphatic carbocycles. The Morgan fingerprint density at radius 3 is 2.62 bits per heavy atom. The molecule has 4 N–H and O–H groups in total. The van der Waals surface area contributed by atoms with Gasteiger partial charge in [-0.2, -0.15) is 13.2 Å². The van der Waals surface area contributed by atoms with Crippen LogP contribution in [0.4, 0.5) is 17.6 Å². The summed E-state index contributed by atoms with van der Waals surface area (Å²) >= 11 is 0. The Bertz CT molecular complexity index is 1490. The number of hydrogen-bond donors (Lipinski definition) is 3. The number of rotatable bonds is 7. The second-order valence-electron chi connectivity index (χ2n) is 9.68. The maximum absolute atomic E-state index is 14.4. The number of benzene rings is 1. The minimum atomic E-state index is -4.85. The van der Waals surface area contributed by atoms with Gasteiger partial charge in [0, 0.05) is 36.3 Å². The predicted octanol–water partition coefficient (Wildman–Crippen LogP) is 3.54. The molecule has 0 atom stereocenters. The van der Waals surface area contributed by atoms with Crippen LogP contribution in [0.5, 0.6) is 0 Å². The van der Waals surface area contributed by atoms with Crippen LogP contribution in [-0.2, 0) is 6.54 Å². The monoisotopic (exact) mass is 544 g/mol. The van der Waals surface area contributed by atoms with E-state index in [0.717, 1.165) is 38.2 Å². The number of allylic oxidation sites excluding steroid dienone is 2. The average Bonchev–Trinajstić information content (AvgIpc) is 2.89. The molecule has 0 radical (unpaired) electrons. The van der Waals surface area contributed by atoms with E-state index in [1.165, 1.54) is 35.0 Å². The minimum absolute atomic E-state index is 0.0454. The van der Waals surface area contributed by atoms with Crippen molar-refractivity contribution in [2.45, 2.75) is 25.6 Å². The second kappa shape index (κ2) is 11.4. The van der Waals surface area contributed by atoms with Crippen LogP contribution >= 0.6 is 0 Å². The summed E-state index contributed by atoms with van der Waals surface area (Å²) < 4.78 is 54.8. The van der Waals surface area contributed by atoms with Crippen LogP contribution < -0.4 is 16.6 Å². The second-order valence-corrected chi connectivity index (χ2v) is 9.68. The molecule has 0 unspecified atom stereocenters. The maximum Gasteiger partial charge on any atom is 0.431 e. The van der Waals surface area contributed by atoms with E-state index < -0.39 is 34.7 Å². The van der Waals surface area contributed by atoms with Gasteiger partial charge in [0.25, 0.3) is 11.5 Å². The van der Waals surface area contributed by atoms with Gasteiger partial charge in [-0.25, -0.2) is 4.39 Å². The molecule has 4 rings (SSSR count). The first-order valence-corrected chi connectivity index (χ1v) is 12.3. The van der Waals surface area contributed by atoms with Crippen LogP contribution in [0, 0.1) is 17.1 Å². The van der Waals surface area contributed by atoms with Crippen molar-refractivity contribution in [2.24, 2.45) is 11.7 Å². The summed E-state index contributed by atoms with van der Waals surface area (Å²) in [6, 6.07) is 6.64. The third-order valence-electron chi connectivity index (χ3n) is 6.84. The van der Waals surface area contributed by atoms with E-state index in [9.17, 15) is 27.2 Å². The summed E-state index contributed by atoms with van der Waals surface area (Å²) in [6.45, 7) is 2.38. The average molecular weight is 545 g/mol. The van der Waals surface area contributed by atoms with Gasteiger partial charge in [-0.15, -0.1) is 0 Å². The summed E-state index contributed by atoms with van der Waals surface area (Å²) in [7, 11) is 2.05. The van der Waals surface area contributed by atoms with E-state index in [1.807, 2.05) is 0 Å². The van der Waals surface area contributed by atoms with Crippen molar-refractivity contribution < 1.29 is 22.4 Å². The Kier molecular flexibility index (Phi) is 8.14. The number of carbonyl (C=O) groups excluding carboxylic acids is 1. The lowest BCUT2D eigenvalue weighted by Gasteiger charge is -2.28. The number of halogens is 4. The van der Waals surface area contributed by atoms with E-state index in [-0.39, 0.29) is 23.2 Å². The zero-order valence-electron chi connectivity index (χ0n) is 21.2. The van der Waals surface area contributed by atoms with Gasteiger partial charge in [0.15, 0.2) is 0 Å². The highest BCUT2D eigenvalue weighted by molar-refractivity contribution is 6.09. The van der Waals surface area contributed by atoms with Crippen LogP contribution in [0.2, 0.25) is 0 Å². The molecule has 1 aliphatic rings. The summed E-state index contributed by atoms with van der Waals surface area (Å²) in [5, 5.41) is 10.6. The number of pyridine rings is 2. The number of nitrogens with zero attached hydrogens (tertiary/aromatic N) is 3. The normalized spacial score (nSPS) is 15.7. The molecule has 3 aromatic rings. The first kappa shape index (κ1) is 28.0. The number of amides is 1. The molecule has 1 saturated heterocycles. The number of fused-ring (bicyclic) bond motifs is 1. The minimum Gasteiger partial charge on any atom is -0.394 e. The first-order valence-electron chi connectivity index (χ1n) is 12.3. The third kappa shape index (κ3) is 6.51. The smallest absolute Gasteiger partial charge is 0.394 e. The van der Waals surface area contributed by atoms with Crippen LogP contribution in [0.25, 0.3) is 16.3 Å². The van der Waals surface area contributed by atoms with E-state index in [2.05, 4.69) is 22.2 Å². The fourth-order valence-corrected chi connectivity index (χ4v) is 4.57. The molecule has 0 saturated carbocycles. The highest BCUT2D eigenvalue weighted by atomic mass is 19.4. The molecule has 8 nitrogen and oxygen atoms in total. The molecular weight excluding hydrogens is 516 g/mol. The summed E-state index contributed by atoms with van der Waals surface area (Å²) in [6.07, 6.45) is 0.0939. The van der Waals surface area contributed by atoms with Crippen molar-refractivity contribution in [1.82, 2.24) is 19.8 Å². The van der Waals surface area contributed by atoms with Crippen LogP contribution in [0.1, 0.15) is 34.5 Å². The zero-order valence-corrected chi connectivity index (χ0v) is 21.2. The molecule has 0 bridgehead atoms. The number of piperidine rings is 1. The third-order valence-corrected chi connectivity index (χ3v) is 6.84. The lowest BCUT2D eigenvalue weighted by molar-refractivity contribution is -0.0919. The molecule has 1 aliphatic heterocycles. The number of carbonyl (C=O) groups is 1. The first-order chi connectivity index (χ1) is 18.5. The predicted molar refractivity (Wildman–Crippen MR) is 140 cm³/mol. The molecule has 1 amide bonds. The molecule has 2 aromatic heterocycles. The Morgan fingerprint density at radius 1 is 1.23 bits per heavy atom. The van der Waals surface area contributed by atoms with Crippen molar-refractivity contribution in [3.8, 4) is 0 Å². The van der Waals surface area contributed by atoms with E-state index in [0.29, 0.717) is 29.6 Å². The number of alkyl halides is 3. The number of nitrogens with one attached hydrogen (secondary N) is 2. The molecule has 1 aromatic carbocycles. The molecular formula is C27H28F4N6O2. The molecule has 0 spiro atoms. The number of hydrogen-bond acceptors (Lipinski definition) is 6. The number of aromatic nitrogens is 2. The van der Waals surface area contributed by atoms with Gasteiger partial charge in [-0.1, -0.05) is 0 Å². The highest BCUT2D eigenvalue weighted by Crippen LogP contribution is 2.28. The molecule has 12 heteroatoms. The van der Waals surface area contributed by atoms with Gasteiger partial charge >= 0.3 is 6.18 Å². The van der Waals surface area contributed by atoms with Crippen molar-refractivity contribution in [2.75, 3.05) is 26.7 Å². The van der Waals surface area contributed by atoms with Crippen molar-refractivity contribution in [1.29, 1.82) is 5.41 Å². The summed E-state index contributed by atoms with van der Waals surface area (Å²) in [5.41, 5.74) is 2.91. The Morgan fingerprint density at radius 2 is 1.95 bits per heavy atom. The maximum atomic E-state index is 14.4. The van der Waals surface area contributed by atoms with Crippen molar-refractivity contribution in [3.63, 3.8) is 0 Å². The van der Waals surface area contributed by atoms with Crippen molar-refractivity contribution >= 4 is 28.5 Å². The van der Waals surface area contributed by atoms with Gasteiger partial charge < -0.3 is 25.9 Å². The van der Waals surface area contributed by atoms with Crippen LogP contribution in [-0.4, -0.2) is 59.4 Å². The Balaban J connectivity index is 1.55. The fourth-order valence-electron chi connectivity index (χ4n) is 4.57. The van der Waals surface area contributed by atoms with Gasteiger partial charge in [0.1, 0.15) is 11.5 Å². The largest absolute Gasteiger partial charge is 0.431 e. The van der Waals surface area contributed by atoms with Gasteiger partial charge in [-0.05, 0) is 80.2 Å². The molecule has 206 valence electrons. The molecule has 1 fully saturated rings. The fraction of sp³-hybridized carbons (Fsp3) is 0.333. The number of likely N-dealkylation sites (tertiary alicyclic amines) is 1. The van der Waals surface area contributed by atoms with E-state index >= 15 is 0 Å². The van der Waals surface area contributed by atoms with E-state index in [4.69, 9.17) is 11.1 Å². The van der Waals surface area contributed by atoms with Gasteiger partial charge in [0.05, 0.1) is 17.6 Å². The van der Waals surface area contributed by atoms with Crippen molar-refractivity contribution in [3.05, 3.63) is 81.4 Å². The summed E-state index contributed by atoms with van der Waals surface area (Å²) in [4.78, 5) is 31.9. The molecule has 3 heterocycles. The van der Waals surface area contributed by atoms with E-state index in [1.54, 1.807) is 0 Å². The lowest BCUT2D eigenvalue weighted by Crippen LogP contribution is -2.36. The SMILES string of the molecule is CN1CCC(CNC(=O)c2cc(F)cc(Cn3ccc4cc(/C(C=N)=C(/N)C(F)(F)F)ncc4c3=O)c2)CC1. The quantitative estimate of drug-likeness (QED) is 0.311. The van der Waals surface area contributed by atoms with Crippen LogP contribution in [0.3, 0.4) is 0 Å². The van der Waals surface area contributed by atoms with Gasteiger partial charge in [0.2, 0.25) is 0 Å². The Hall–Kier alpha value is -4.06. The van der Waals surface area contributed by atoms with Crippen LogP contribution in [0.15, 0.2) is 53.2 Å². The number of nitrogens with two attached hydrogens (primary N) is 1. The molecule has 39 heavy (non-hydrogen) atoms. The lowest BCUT2D eigenvalue weighted by atomic mass is 9.97. The summed E-state index contributed by atoms with van der Waals surface area (Å²) in [5.74, 6) is -0.658.